The van der Waals surface area contributed by atoms with Gasteiger partial charge in [-0.15, -0.1) is 0 Å². The SMILES string of the molecule is NCCc1cc(Cl)c2cccnc2c1N1CCC(O)(c2ccccc2)CC1. The van der Waals surface area contributed by atoms with Gasteiger partial charge in [-0.2, -0.15) is 0 Å². The van der Waals surface area contributed by atoms with Crippen LogP contribution in [0.25, 0.3) is 10.9 Å². The highest BCUT2D eigenvalue weighted by Gasteiger charge is 2.35. The Hall–Kier alpha value is -2.14. The summed E-state index contributed by atoms with van der Waals surface area (Å²) >= 11 is 6.49. The molecule has 0 atom stereocenters. The summed E-state index contributed by atoms with van der Waals surface area (Å²) in [6, 6.07) is 15.9. The third kappa shape index (κ3) is 3.41. The van der Waals surface area contributed by atoms with Crippen molar-refractivity contribution in [1.82, 2.24) is 4.98 Å². The first-order valence-corrected chi connectivity index (χ1v) is 9.79. The van der Waals surface area contributed by atoms with E-state index >= 15 is 0 Å². The Morgan fingerprint density at radius 3 is 2.56 bits per heavy atom. The zero-order valence-electron chi connectivity index (χ0n) is 15.2. The van der Waals surface area contributed by atoms with Crippen LogP contribution in [0.1, 0.15) is 24.0 Å². The van der Waals surface area contributed by atoms with Crippen LogP contribution in [-0.4, -0.2) is 29.7 Å². The second kappa shape index (κ2) is 7.47. The highest BCUT2D eigenvalue weighted by atomic mass is 35.5. The zero-order valence-corrected chi connectivity index (χ0v) is 16.0. The number of halogens is 1. The average Bonchev–Trinajstić information content (AvgIpc) is 2.70. The normalized spacial score (nSPS) is 16.6. The van der Waals surface area contributed by atoms with Crippen LogP contribution >= 0.6 is 11.6 Å². The summed E-state index contributed by atoms with van der Waals surface area (Å²) in [5.74, 6) is 0. The van der Waals surface area contributed by atoms with E-state index in [2.05, 4.69) is 9.88 Å². The minimum Gasteiger partial charge on any atom is -0.385 e. The molecule has 1 aliphatic rings. The lowest BCUT2D eigenvalue weighted by Crippen LogP contribution is -2.43. The predicted molar refractivity (Wildman–Crippen MR) is 111 cm³/mol. The fourth-order valence-corrected chi connectivity index (χ4v) is 4.36. The van der Waals surface area contributed by atoms with Gasteiger partial charge in [-0.3, -0.25) is 4.98 Å². The molecule has 1 fully saturated rings. The number of pyridine rings is 1. The van der Waals surface area contributed by atoms with E-state index in [-0.39, 0.29) is 0 Å². The molecule has 1 aromatic heterocycles. The lowest BCUT2D eigenvalue weighted by atomic mass is 9.84. The van der Waals surface area contributed by atoms with Crippen molar-refractivity contribution >= 4 is 28.2 Å². The fourth-order valence-electron chi connectivity index (χ4n) is 4.07. The maximum Gasteiger partial charge on any atom is 0.0953 e. The van der Waals surface area contributed by atoms with E-state index < -0.39 is 5.60 Å². The first-order chi connectivity index (χ1) is 13.1. The summed E-state index contributed by atoms with van der Waals surface area (Å²) in [7, 11) is 0. The molecule has 1 saturated heterocycles. The number of hydrogen-bond donors (Lipinski definition) is 2. The van der Waals surface area contributed by atoms with Crippen LogP contribution in [0.2, 0.25) is 5.02 Å². The Kier molecular flexibility index (Phi) is 5.04. The van der Waals surface area contributed by atoms with Gasteiger partial charge in [0.25, 0.3) is 0 Å². The van der Waals surface area contributed by atoms with Gasteiger partial charge < -0.3 is 15.7 Å². The maximum absolute atomic E-state index is 11.2. The highest BCUT2D eigenvalue weighted by molar-refractivity contribution is 6.36. The number of nitrogens with two attached hydrogens (primary N) is 1. The molecule has 2 aromatic carbocycles. The van der Waals surface area contributed by atoms with Crippen molar-refractivity contribution in [3.63, 3.8) is 0 Å². The number of benzene rings is 2. The Morgan fingerprint density at radius 1 is 1.11 bits per heavy atom. The minimum absolute atomic E-state index is 0.559. The van der Waals surface area contributed by atoms with Gasteiger partial charge in [0.15, 0.2) is 0 Å². The predicted octanol–water partition coefficient (Wildman–Crippen LogP) is 3.88. The first kappa shape index (κ1) is 18.2. The number of aromatic nitrogens is 1. The zero-order chi connectivity index (χ0) is 18.9. The number of aliphatic hydroxyl groups is 1. The third-order valence-corrected chi connectivity index (χ3v) is 5.84. The van der Waals surface area contributed by atoms with E-state index in [1.807, 2.05) is 48.5 Å². The van der Waals surface area contributed by atoms with Crippen molar-refractivity contribution in [2.75, 3.05) is 24.5 Å². The van der Waals surface area contributed by atoms with E-state index in [1.165, 1.54) is 0 Å². The number of fused-ring (bicyclic) bond motifs is 1. The molecule has 0 saturated carbocycles. The highest BCUT2D eigenvalue weighted by Crippen LogP contribution is 2.39. The largest absolute Gasteiger partial charge is 0.385 e. The number of anilines is 1. The summed E-state index contributed by atoms with van der Waals surface area (Å²) in [6.45, 7) is 2.08. The molecule has 1 aliphatic heterocycles. The van der Waals surface area contributed by atoms with Gasteiger partial charge >= 0.3 is 0 Å². The van der Waals surface area contributed by atoms with Crippen LogP contribution < -0.4 is 10.6 Å². The Labute approximate surface area is 164 Å². The molecule has 3 N–H and O–H groups in total. The van der Waals surface area contributed by atoms with Crippen molar-refractivity contribution < 1.29 is 5.11 Å². The van der Waals surface area contributed by atoms with Gasteiger partial charge in [0.05, 0.1) is 21.8 Å². The third-order valence-electron chi connectivity index (χ3n) is 5.53. The molecule has 0 aliphatic carbocycles. The van der Waals surface area contributed by atoms with Crippen LogP contribution in [0.5, 0.6) is 0 Å². The lowest BCUT2D eigenvalue weighted by molar-refractivity contribution is 0.0118. The summed E-state index contributed by atoms with van der Waals surface area (Å²) < 4.78 is 0. The van der Waals surface area contributed by atoms with Crippen molar-refractivity contribution in [2.45, 2.75) is 24.9 Å². The summed E-state index contributed by atoms with van der Waals surface area (Å²) in [6.07, 6.45) is 3.91. The molecule has 0 bridgehead atoms. The van der Waals surface area contributed by atoms with Gasteiger partial charge in [-0.1, -0.05) is 41.9 Å². The smallest absolute Gasteiger partial charge is 0.0953 e. The molecule has 0 unspecified atom stereocenters. The molecule has 4 rings (SSSR count). The molecule has 2 heterocycles. The van der Waals surface area contributed by atoms with Crippen LogP contribution in [-0.2, 0) is 12.0 Å². The summed E-state index contributed by atoms with van der Waals surface area (Å²) in [4.78, 5) is 6.95. The topological polar surface area (TPSA) is 62.4 Å². The molecule has 3 aromatic rings. The molecular formula is C22H24ClN3O. The standard InChI is InChI=1S/C22H24ClN3O/c23-19-15-16(8-11-24)21(20-18(19)7-4-12-25-20)26-13-9-22(27,10-14-26)17-5-2-1-3-6-17/h1-7,12,15,27H,8-11,13-14,24H2. The van der Waals surface area contributed by atoms with Gasteiger partial charge in [0, 0.05) is 24.7 Å². The number of hydrogen-bond acceptors (Lipinski definition) is 4. The van der Waals surface area contributed by atoms with Crippen molar-refractivity contribution in [3.8, 4) is 0 Å². The molecular weight excluding hydrogens is 358 g/mol. The summed E-state index contributed by atoms with van der Waals surface area (Å²) in [5.41, 5.74) is 9.21. The van der Waals surface area contributed by atoms with Crippen LogP contribution in [0.4, 0.5) is 5.69 Å². The van der Waals surface area contributed by atoms with Gasteiger partial charge in [0.1, 0.15) is 0 Å². The number of nitrogens with zero attached hydrogens (tertiary/aromatic N) is 2. The van der Waals surface area contributed by atoms with Gasteiger partial charge in [-0.25, -0.2) is 0 Å². The molecule has 27 heavy (non-hydrogen) atoms. The first-order valence-electron chi connectivity index (χ1n) is 9.41. The Bertz CT molecular complexity index is 937. The quantitative estimate of drug-likeness (QED) is 0.720. The second-order valence-corrected chi connectivity index (χ2v) is 7.60. The fraction of sp³-hybridized carbons (Fsp3) is 0.318. The van der Waals surface area contributed by atoms with Gasteiger partial charge in [-0.05, 0) is 55.1 Å². The lowest BCUT2D eigenvalue weighted by Gasteiger charge is -2.40. The average molecular weight is 382 g/mol. The molecule has 140 valence electrons. The van der Waals surface area contributed by atoms with E-state index in [4.69, 9.17) is 17.3 Å². The molecule has 5 heteroatoms. The Balaban J connectivity index is 1.69. The number of rotatable bonds is 4. The van der Waals surface area contributed by atoms with Crippen molar-refractivity contribution in [1.29, 1.82) is 0 Å². The maximum atomic E-state index is 11.2. The second-order valence-electron chi connectivity index (χ2n) is 7.19. The number of piperidine rings is 1. The van der Waals surface area contributed by atoms with Crippen LogP contribution in [0, 0.1) is 0 Å². The van der Waals surface area contributed by atoms with Crippen molar-refractivity contribution in [2.24, 2.45) is 5.73 Å². The summed E-state index contributed by atoms with van der Waals surface area (Å²) in [5, 5.41) is 12.8. The van der Waals surface area contributed by atoms with Crippen LogP contribution in [0.3, 0.4) is 0 Å². The van der Waals surface area contributed by atoms with E-state index in [0.29, 0.717) is 24.4 Å². The molecule has 0 spiro atoms. The molecule has 0 amide bonds. The monoisotopic (exact) mass is 381 g/mol. The minimum atomic E-state index is -0.776. The van der Waals surface area contributed by atoms with Gasteiger partial charge in [0.2, 0.25) is 0 Å². The van der Waals surface area contributed by atoms with Crippen LogP contribution in [0.15, 0.2) is 54.7 Å². The molecule has 0 radical (unpaired) electrons. The van der Waals surface area contributed by atoms with Crippen molar-refractivity contribution in [3.05, 3.63) is 70.9 Å². The molecule has 4 nitrogen and oxygen atoms in total. The van der Waals surface area contributed by atoms with E-state index in [0.717, 1.165) is 47.2 Å². The van der Waals surface area contributed by atoms with E-state index in [9.17, 15) is 5.11 Å². The van der Waals surface area contributed by atoms with E-state index in [1.54, 1.807) is 6.20 Å². The Morgan fingerprint density at radius 2 is 1.85 bits per heavy atom.